The molecule has 0 atom stereocenters. The van der Waals surface area contributed by atoms with E-state index in [4.69, 9.17) is 5.73 Å². The number of anilines is 2. The molecule has 1 saturated heterocycles. The minimum absolute atomic E-state index is 0.140. The fraction of sp³-hybridized carbons (Fsp3) is 0.750. The Labute approximate surface area is 122 Å². The maximum Gasteiger partial charge on any atom is 0.187 e. The van der Waals surface area contributed by atoms with Crippen LogP contribution in [0.1, 0.15) is 25.7 Å². The van der Waals surface area contributed by atoms with Crippen LogP contribution in [-0.4, -0.2) is 42.8 Å². The Morgan fingerprint density at radius 1 is 1.30 bits per heavy atom. The number of nitrogens with zero attached hydrogens (tertiary/aromatic N) is 2. The van der Waals surface area contributed by atoms with Crippen LogP contribution < -0.4 is 10.6 Å². The number of sulfone groups is 1. The summed E-state index contributed by atoms with van der Waals surface area (Å²) >= 11 is 1.17. The largest absolute Gasteiger partial charge is 0.396 e. The van der Waals surface area contributed by atoms with Crippen LogP contribution in [0.25, 0.3) is 0 Å². The summed E-state index contributed by atoms with van der Waals surface area (Å²) in [5, 5.41) is 9.59. The minimum atomic E-state index is -3.32. The summed E-state index contributed by atoms with van der Waals surface area (Å²) in [6.07, 6.45) is 3.20. The first kappa shape index (κ1) is 14.1. The summed E-state index contributed by atoms with van der Waals surface area (Å²) in [5.74, 6) is 0.459. The lowest BCUT2D eigenvalue weighted by Gasteiger charge is -2.32. The number of aromatic nitrogens is 1. The third-order valence-electron chi connectivity index (χ3n) is 4.07. The van der Waals surface area contributed by atoms with Gasteiger partial charge in [-0.25, -0.2) is 8.42 Å². The highest BCUT2D eigenvalue weighted by atomic mass is 32.2. The van der Waals surface area contributed by atoms with Gasteiger partial charge in [-0.1, -0.05) is 0 Å². The van der Waals surface area contributed by atoms with Gasteiger partial charge in [0.15, 0.2) is 15.7 Å². The second-order valence-corrected chi connectivity index (χ2v) is 8.48. The topological polar surface area (TPSA) is 96.5 Å². The molecule has 2 aliphatic rings. The molecule has 3 N–H and O–H groups in total. The van der Waals surface area contributed by atoms with Crippen LogP contribution in [0.15, 0.2) is 4.90 Å². The van der Waals surface area contributed by atoms with Crippen LogP contribution in [-0.2, 0) is 9.84 Å². The molecule has 1 aromatic heterocycles. The Bertz CT molecular complexity index is 587. The van der Waals surface area contributed by atoms with Crippen molar-refractivity contribution in [3.63, 3.8) is 0 Å². The molecule has 6 nitrogen and oxygen atoms in total. The summed E-state index contributed by atoms with van der Waals surface area (Å²) in [7, 11) is -3.32. The monoisotopic (exact) mass is 317 g/mol. The van der Waals surface area contributed by atoms with Crippen molar-refractivity contribution in [1.29, 1.82) is 0 Å². The fourth-order valence-corrected chi connectivity index (χ4v) is 5.70. The smallest absolute Gasteiger partial charge is 0.187 e. The first-order chi connectivity index (χ1) is 9.54. The van der Waals surface area contributed by atoms with Crippen LogP contribution in [0.5, 0.6) is 0 Å². The number of aliphatic hydroxyl groups excluding tert-OH is 1. The fourth-order valence-electron chi connectivity index (χ4n) is 2.62. The predicted molar refractivity (Wildman–Crippen MR) is 78.8 cm³/mol. The molecule has 3 rings (SSSR count). The first-order valence-corrected chi connectivity index (χ1v) is 9.21. The minimum Gasteiger partial charge on any atom is -0.396 e. The lowest BCUT2D eigenvalue weighted by Crippen LogP contribution is -2.35. The number of piperidine rings is 1. The molecule has 1 aromatic rings. The second-order valence-electron chi connectivity index (χ2n) is 5.56. The van der Waals surface area contributed by atoms with Gasteiger partial charge < -0.3 is 15.7 Å². The van der Waals surface area contributed by atoms with Gasteiger partial charge in [-0.3, -0.25) is 0 Å². The highest BCUT2D eigenvalue weighted by Crippen LogP contribution is 2.43. The molecule has 0 spiro atoms. The van der Waals surface area contributed by atoms with Crippen molar-refractivity contribution >= 4 is 32.2 Å². The van der Waals surface area contributed by atoms with Crippen molar-refractivity contribution < 1.29 is 13.5 Å². The number of aliphatic hydroxyl groups is 1. The van der Waals surface area contributed by atoms with Gasteiger partial charge in [-0.05, 0) is 43.1 Å². The highest BCUT2D eigenvalue weighted by Gasteiger charge is 2.41. The summed E-state index contributed by atoms with van der Waals surface area (Å²) < 4.78 is 29.0. The molecule has 1 aliphatic heterocycles. The van der Waals surface area contributed by atoms with E-state index >= 15 is 0 Å². The molecule has 0 aromatic carbocycles. The second kappa shape index (κ2) is 5.16. The Morgan fingerprint density at radius 3 is 2.50 bits per heavy atom. The quantitative estimate of drug-likeness (QED) is 0.855. The molecular weight excluding hydrogens is 298 g/mol. The first-order valence-electron chi connectivity index (χ1n) is 6.89. The zero-order valence-corrected chi connectivity index (χ0v) is 12.8. The number of nitrogen functional groups attached to an aromatic ring is 1. The van der Waals surface area contributed by atoms with Crippen molar-refractivity contribution in [1.82, 2.24) is 4.37 Å². The van der Waals surface area contributed by atoms with Crippen molar-refractivity contribution in [2.75, 3.05) is 30.3 Å². The molecular formula is C12H19N3O3S2. The maximum atomic E-state index is 12.5. The zero-order valence-electron chi connectivity index (χ0n) is 11.2. The van der Waals surface area contributed by atoms with Crippen molar-refractivity contribution in [3.05, 3.63) is 0 Å². The molecule has 1 aliphatic carbocycles. The molecule has 0 radical (unpaired) electrons. The van der Waals surface area contributed by atoms with E-state index in [-0.39, 0.29) is 22.6 Å². The molecule has 20 heavy (non-hydrogen) atoms. The van der Waals surface area contributed by atoms with E-state index in [2.05, 4.69) is 9.27 Å². The van der Waals surface area contributed by atoms with E-state index in [1.54, 1.807) is 0 Å². The summed E-state index contributed by atoms with van der Waals surface area (Å²) in [5.41, 5.74) is 5.81. The van der Waals surface area contributed by atoms with Gasteiger partial charge in [0.1, 0.15) is 9.90 Å². The third-order valence-corrected chi connectivity index (χ3v) is 7.44. The number of hydrogen-bond donors (Lipinski definition) is 2. The molecule has 8 heteroatoms. The van der Waals surface area contributed by atoms with E-state index < -0.39 is 9.84 Å². The Morgan fingerprint density at radius 2 is 1.95 bits per heavy atom. The van der Waals surface area contributed by atoms with Crippen LogP contribution in [0, 0.1) is 5.92 Å². The van der Waals surface area contributed by atoms with Gasteiger partial charge in [0.05, 0.1) is 5.25 Å². The SMILES string of the molecule is Nc1nsc(N2CCC(CO)CC2)c1S(=O)(=O)C1CC1. The Balaban J connectivity index is 1.88. The van der Waals surface area contributed by atoms with E-state index in [1.807, 2.05) is 0 Å². The van der Waals surface area contributed by atoms with Crippen molar-refractivity contribution in [2.24, 2.45) is 5.92 Å². The number of nitrogens with two attached hydrogens (primary N) is 1. The third kappa shape index (κ3) is 2.40. The van der Waals surface area contributed by atoms with Crippen LogP contribution in [0.3, 0.4) is 0 Å². The van der Waals surface area contributed by atoms with Gasteiger partial charge in [-0.2, -0.15) is 4.37 Å². The zero-order chi connectivity index (χ0) is 14.3. The predicted octanol–water partition coefficient (Wildman–Crippen LogP) is 0.870. The van der Waals surface area contributed by atoms with Crippen LogP contribution in [0.4, 0.5) is 10.8 Å². The van der Waals surface area contributed by atoms with Gasteiger partial charge >= 0.3 is 0 Å². The Hall–Kier alpha value is -0.860. The van der Waals surface area contributed by atoms with Gasteiger partial charge in [0.25, 0.3) is 0 Å². The van der Waals surface area contributed by atoms with E-state index in [9.17, 15) is 13.5 Å². The summed E-state index contributed by atoms with van der Waals surface area (Å²) in [6, 6.07) is 0. The standard InChI is InChI=1S/C12H19N3O3S2/c13-11-10(20(17,18)9-1-2-9)12(19-14-11)15-5-3-8(7-16)4-6-15/h8-9,16H,1-7H2,(H2,13,14). The van der Waals surface area contributed by atoms with Crippen molar-refractivity contribution in [2.45, 2.75) is 35.8 Å². The van der Waals surface area contributed by atoms with Crippen LogP contribution in [0.2, 0.25) is 0 Å². The Kier molecular flexibility index (Phi) is 3.64. The molecule has 2 fully saturated rings. The lowest BCUT2D eigenvalue weighted by atomic mass is 9.98. The molecule has 2 heterocycles. The molecule has 1 saturated carbocycles. The van der Waals surface area contributed by atoms with E-state index in [1.165, 1.54) is 11.5 Å². The van der Waals surface area contributed by atoms with Crippen LogP contribution >= 0.6 is 11.5 Å². The summed E-state index contributed by atoms with van der Waals surface area (Å²) in [4.78, 5) is 2.29. The number of hydrogen-bond acceptors (Lipinski definition) is 7. The van der Waals surface area contributed by atoms with E-state index in [0.717, 1.165) is 38.8 Å². The van der Waals surface area contributed by atoms with Crippen molar-refractivity contribution in [3.8, 4) is 0 Å². The lowest BCUT2D eigenvalue weighted by molar-refractivity contribution is 0.203. The van der Waals surface area contributed by atoms with Gasteiger partial charge in [0.2, 0.25) is 0 Å². The number of rotatable bonds is 4. The highest BCUT2D eigenvalue weighted by molar-refractivity contribution is 7.92. The molecule has 0 bridgehead atoms. The maximum absolute atomic E-state index is 12.5. The summed E-state index contributed by atoms with van der Waals surface area (Å²) in [6.45, 7) is 1.70. The normalized spacial score (nSPS) is 21.4. The van der Waals surface area contributed by atoms with E-state index in [0.29, 0.717) is 10.9 Å². The average molecular weight is 317 g/mol. The van der Waals surface area contributed by atoms with Gasteiger partial charge in [0, 0.05) is 19.7 Å². The van der Waals surface area contributed by atoms with Gasteiger partial charge in [-0.15, -0.1) is 0 Å². The molecule has 112 valence electrons. The molecule has 0 amide bonds. The molecule has 0 unspecified atom stereocenters. The average Bonchev–Trinajstić information content (AvgIpc) is 3.23.